The van der Waals surface area contributed by atoms with Gasteiger partial charge in [0.15, 0.2) is 0 Å². The number of imide groups is 1. The number of fused-ring (bicyclic) bond motifs is 1. The maximum absolute atomic E-state index is 10.9. The van der Waals surface area contributed by atoms with E-state index in [0.717, 1.165) is 0 Å². The normalized spacial score (nSPS) is 12.7. The van der Waals surface area contributed by atoms with Gasteiger partial charge in [0.25, 0.3) is 11.8 Å². The fraction of sp³-hybridized carbons (Fsp3) is 0.600. The van der Waals surface area contributed by atoms with E-state index in [4.69, 9.17) is 0 Å². The van der Waals surface area contributed by atoms with Gasteiger partial charge in [-0.3, -0.25) is 14.9 Å². The van der Waals surface area contributed by atoms with Crippen LogP contribution in [0.15, 0.2) is 24.3 Å². The number of nitrogens with one attached hydrogen (secondary N) is 1. The zero-order valence-electron chi connectivity index (χ0n) is 15.5. The molecule has 0 spiro atoms. The topological polar surface area (TPSA) is 46.2 Å². The summed E-state index contributed by atoms with van der Waals surface area (Å²) >= 11 is -0.552. The number of rotatable bonds is 9. The second-order valence-corrected chi connectivity index (χ2v) is 12.7. The molecular formula is C20H32GeNO2. The van der Waals surface area contributed by atoms with Crippen LogP contribution in [0.25, 0.3) is 0 Å². The van der Waals surface area contributed by atoms with Crippen LogP contribution >= 0.6 is 0 Å². The Morgan fingerprint density at radius 1 is 0.750 bits per heavy atom. The second-order valence-electron chi connectivity index (χ2n) is 6.39. The molecule has 0 saturated carbocycles. The van der Waals surface area contributed by atoms with E-state index < -0.39 is 14.3 Å². The van der Waals surface area contributed by atoms with Crippen molar-refractivity contribution in [1.29, 1.82) is 0 Å². The minimum absolute atomic E-state index is 0.300. The van der Waals surface area contributed by atoms with Gasteiger partial charge < -0.3 is 0 Å². The molecule has 24 heavy (non-hydrogen) atoms. The molecule has 1 aromatic carbocycles. The number of amides is 2. The van der Waals surface area contributed by atoms with Gasteiger partial charge in [-0.15, -0.1) is 0 Å². The molecule has 1 heterocycles. The van der Waals surface area contributed by atoms with Crippen LogP contribution in [-0.4, -0.2) is 26.2 Å². The van der Waals surface area contributed by atoms with Gasteiger partial charge in [-0.2, -0.15) is 0 Å². The summed E-state index contributed by atoms with van der Waals surface area (Å²) in [5.41, 5.74) is 0.940. The average Bonchev–Trinajstić information content (AvgIpc) is 2.90. The predicted octanol–water partition coefficient (Wildman–Crippen LogP) is 5.45. The summed E-state index contributed by atoms with van der Waals surface area (Å²) in [6.07, 6.45) is 8.78. The monoisotopic (exact) mass is 392 g/mol. The van der Waals surface area contributed by atoms with Crippen LogP contribution in [0.1, 0.15) is 80.0 Å². The number of carbonyl (C=O) groups is 2. The zero-order valence-corrected chi connectivity index (χ0v) is 17.6. The summed E-state index contributed by atoms with van der Waals surface area (Å²) in [7, 11) is 0. The number of benzene rings is 1. The molecule has 1 aromatic rings. The zero-order chi connectivity index (χ0) is 17.8. The first-order valence-electron chi connectivity index (χ1n) is 9.42. The van der Waals surface area contributed by atoms with Crippen LogP contribution in [0.4, 0.5) is 0 Å². The number of hydrogen-bond donors (Lipinski definition) is 1. The van der Waals surface area contributed by atoms with Crippen molar-refractivity contribution in [2.24, 2.45) is 0 Å². The standard InChI is InChI=1S/C12H27Ge.C8H5NO2/c1-4-7-10-13(11-8-5-2)12-9-6-3;10-7-5-3-1-2-4-6(5)8(11)9-7/h4-12H2,1-3H3;1-4H,(H,9,10,11). The van der Waals surface area contributed by atoms with E-state index in [1.165, 1.54) is 38.5 Å². The van der Waals surface area contributed by atoms with E-state index in [-0.39, 0.29) is 11.8 Å². The minimum atomic E-state index is -0.552. The molecule has 1 aliphatic rings. The number of unbranched alkanes of at least 4 members (excludes halogenated alkanes) is 3. The van der Waals surface area contributed by atoms with Gasteiger partial charge in [-0.25, -0.2) is 0 Å². The largest absolute Gasteiger partial charge is 0.288 e. The summed E-state index contributed by atoms with van der Waals surface area (Å²) in [5.74, 6) is -0.601. The molecule has 0 bridgehead atoms. The third-order valence-corrected chi connectivity index (χ3v) is 11.0. The molecule has 1 N–H and O–H groups in total. The van der Waals surface area contributed by atoms with Gasteiger partial charge in [0.2, 0.25) is 0 Å². The Labute approximate surface area is 151 Å². The van der Waals surface area contributed by atoms with Crippen molar-refractivity contribution in [2.45, 2.75) is 75.1 Å². The van der Waals surface area contributed by atoms with Gasteiger partial charge in [0, 0.05) is 0 Å². The van der Waals surface area contributed by atoms with E-state index in [1.54, 1.807) is 40.0 Å². The van der Waals surface area contributed by atoms with Crippen molar-refractivity contribution in [3.63, 3.8) is 0 Å². The smallest absolute Gasteiger partial charge is 0.258 e. The molecule has 0 unspecified atom stereocenters. The van der Waals surface area contributed by atoms with Crippen molar-refractivity contribution < 1.29 is 9.59 Å². The van der Waals surface area contributed by atoms with E-state index in [0.29, 0.717) is 11.1 Å². The molecule has 0 atom stereocenters. The molecule has 4 heteroatoms. The van der Waals surface area contributed by atoms with Crippen LogP contribution in [0, 0.1) is 0 Å². The molecular weight excluding hydrogens is 359 g/mol. The van der Waals surface area contributed by atoms with Gasteiger partial charge in [-0.1, -0.05) is 12.1 Å². The molecule has 133 valence electrons. The van der Waals surface area contributed by atoms with Crippen molar-refractivity contribution in [2.75, 3.05) is 0 Å². The summed E-state index contributed by atoms with van der Waals surface area (Å²) in [6.45, 7) is 6.99. The van der Waals surface area contributed by atoms with Crippen LogP contribution in [0.5, 0.6) is 0 Å². The Hall–Kier alpha value is -1.10. The van der Waals surface area contributed by atoms with Crippen LogP contribution in [-0.2, 0) is 0 Å². The Morgan fingerprint density at radius 2 is 1.12 bits per heavy atom. The van der Waals surface area contributed by atoms with Crippen LogP contribution in [0.2, 0.25) is 15.8 Å². The summed E-state index contributed by atoms with van der Waals surface area (Å²) in [6, 6.07) is 6.74. The summed E-state index contributed by atoms with van der Waals surface area (Å²) < 4.78 is 0. The van der Waals surface area contributed by atoms with Crippen molar-refractivity contribution in [1.82, 2.24) is 5.32 Å². The van der Waals surface area contributed by atoms with E-state index in [9.17, 15) is 9.59 Å². The molecule has 0 aliphatic carbocycles. The first kappa shape index (κ1) is 20.9. The fourth-order valence-corrected chi connectivity index (χ4v) is 9.72. The van der Waals surface area contributed by atoms with Crippen LogP contribution in [0.3, 0.4) is 0 Å². The van der Waals surface area contributed by atoms with E-state index in [1.807, 2.05) is 0 Å². The SMILES string of the molecule is CCC[CH2][Ge]([CH2]CCC)[CH2]CCC.O=C1NC(=O)c2ccccc21. The Kier molecular flexibility index (Phi) is 10.7. The molecule has 2 rings (SSSR count). The molecule has 2 amide bonds. The Bertz CT molecular complexity index is 464. The number of hydrogen-bond acceptors (Lipinski definition) is 2. The molecule has 0 aromatic heterocycles. The van der Waals surface area contributed by atoms with Gasteiger partial charge in [0.1, 0.15) is 0 Å². The van der Waals surface area contributed by atoms with Crippen LogP contribution < -0.4 is 5.32 Å². The first-order valence-corrected chi connectivity index (χ1v) is 13.9. The summed E-state index contributed by atoms with van der Waals surface area (Å²) in [4.78, 5) is 21.9. The third-order valence-electron chi connectivity index (χ3n) is 4.30. The maximum atomic E-state index is 10.9. The predicted molar refractivity (Wildman–Crippen MR) is 103 cm³/mol. The Balaban J connectivity index is 0.000000242. The van der Waals surface area contributed by atoms with Crippen molar-refractivity contribution in [3.8, 4) is 0 Å². The molecule has 0 saturated heterocycles. The fourth-order valence-electron chi connectivity index (χ4n) is 2.77. The Morgan fingerprint density at radius 3 is 1.46 bits per heavy atom. The molecule has 3 nitrogen and oxygen atoms in total. The molecule has 1 aliphatic heterocycles. The van der Waals surface area contributed by atoms with Crippen molar-refractivity contribution in [3.05, 3.63) is 35.4 Å². The van der Waals surface area contributed by atoms with E-state index in [2.05, 4.69) is 26.1 Å². The quantitative estimate of drug-likeness (QED) is 0.450. The number of carbonyl (C=O) groups excluding carboxylic acids is 2. The second kappa shape index (κ2) is 12.3. The minimum Gasteiger partial charge on any atom is -0.288 e. The van der Waals surface area contributed by atoms with Gasteiger partial charge in [-0.05, 0) is 12.1 Å². The molecule has 0 fully saturated rings. The van der Waals surface area contributed by atoms with E-state index >= 15 is 0 Å². The summed E-state index contributed by atoms with van der Waals surface area (Å²) in [5, 5.41) is 7.15. The first-order chi connectivity index (χ1) is 11.6. The molecule has 1 radical (unpaired) electrons. The van der Waals surface area contributed by atoms with Crippen molar-refractivity contribution >= 4 is 26.2 Å². The average molecular weight is 391 g/mol. The third kappa shape index (κ3) is 7.20. The maximum Gasteiger partial charge on any atom is 0.258 e. The van der Waals surface area contributed by atoms with Gasteiger partial charge >= 0.3 is 89.4 Å². The van der Waals surface area contributed by atoms with Gasteiger partial charge in [0.05, 0.1) is 11.1 Å².